The minimum absolute atomic E-state index is 0.144. The maximum Gasteiger partial charge on any atom is 0.285 e. The first-order valence-corrected chi connectivity index (χ1v) is 13.7. The van der Waals surface area contributed by atoms with Gasteiger partial charge in [-0.3, -0.25) is 19.8 Å². The summed E-state index contributed by atoms with van der Waals surface area (Å²) in [6.45, 7) is 5.86. The monoisotopic (exact) mass is 579 g/mol. The summed E-state index contributed by atoms with van der Waals surface area (Å²) < 4.78 is 5.83. The van der Waals surface area contributed by atoms with Gasteiger partial charge in [-0.15, -0.1) is 0 Å². The van der Waals surface area contributed by atoms with Crippen molar-refractivity contribution in [3.05, 3.63) is 98.9 Å². The number of nitrogens with one attached hydrogen (secondary N) is 2. The zero-order chi connectivity index (χ0) is 28.1. The molecule has 0 aliphatic carbocycles. The van der Waals surface area contributed by atoms with Crippen molar-refractivity contribution in [1.29, 1.82) is 0 Å². The normalized spacial score (nSPS) is 14.2. The van der Waals surface area contributed by atoms with Gasteiger partial charge in [0.2, 0.25) is 0 Å². The number of anilines is 1. The summed E-state index contributed by atoms with van der Waals surface area (Å²) in [5.41, 5.74) is 6.24. The summed E-state index contributed by atoms with van der Waals surface area (Å²) in [5, 5.41) is 4.22. The first-order chi connectivity index (χ1) is 18.6. The number of aryl methyl sites for hydroxylation is 1. The van der Waals surface area contributed by atoms with E-state index in [0.717, 1.165) is 39.1 Å². The molecule has 39 heavy (non-hydrogen) atoms. The molecule has 0 saturated carbocycles. The number of halogens is 1. The van der Waals surface area contributed by atoms with Gasteiger partial charge >= 0.3 is 0 Å². The molecule has 1 heterocycles. The number of thioether (sulfide) groups is 1. The lowest BCUT2D eigenvalue weighted by Crippen LogP contribution is -2.44. The second kappa shape index (κ2) is 12.5. The molecule has 1 aliphatic rings. The highest BCUT2D eigenvalue weighted by atomic mass is 35.5. The van der Waals surface area contributed by atoms with Crippen LogP contribution < -0.4 is 15.5 Å². The smallest absolute Gasteiger partial charge is 0.285 e. The van der Waals surface area contributed by atoms with Gasteiger partial charge in [-0.05, 0) is 78.2 Å². The lowest BCUT2D eigenvalue weighted by Gasteiger charge is -2.16. The Kier molecular flexibility index (Phi) is 9.06. The SMILES string of the molecule is Cc1ccc(C(=O)NN2C(=O)/C(=C\c3ccc(OCC(=O)Nc4ccccc4C(C)C)cc3)SC2=S)c(Cl)c1. The molecule has 1 aliphatic heterocycles. The molecule has 7 nitrogen and oxygen atoms in total. The van der Waals surface area contributed by atoms with Crippen molar-refractivity contribution < 1.29 is 19.1 Å². The minimum Gasteiger partial charge on any atom is -0.484 e. The van der Waals surface area contributed by atoms with Crippen molar-refractivity contribution in [1.82, 2.24) is 10.4 Å². The minimum atomic E-state index is -0.532. The number of ether oxygens (including phenoxy) is 1. The summed E-state index contributed by atoms with van der Waals surface area (Å²) in [6, 6.07) is 19.7. The van der Waals surface area contributed by atoms with E-state index in [1.807, 2.05) is 31.2 Å². The molecule has 0 unspecified atom stereocenters. The number of carbonyl (C=O) groups is 3. The van der Waals surface area contributed by atoms with Crippen molar-refractivity contribution in [3.63, 3.8) is 0 Å². The van der Waals surface area contributed by atoms with Gasteiger partial charge in [0.15, 0.2) is 10.9 Å². The molecule has 4 rings (SSSR count). The van der Waals surface area contributed by atoms with Crippen LogP contribution >= 0.6 is 35.6 Å². The Labute approximate surface area is 241 Å². The first kappa shape index (κ1) is 28.4. The standard InChI is InChI=1S/C29H26ClN3O4S2/c1-17(2)21-6-4-5-7-24(21)31-26(34)16-37-20-11-9-19(10-12-20)15-25-28(36)33(29(38)39-25)32-27(35)22-13-8-18(3)14-23(22)30/h4-15,17H,16H2,1-3H3,(H,31,34)(H,32,35)/b25-15+. The molecule has 2 N–H and O–H groups in total. The van der Waals surface area contributed by atoms with E-state index in [4.69, 9.17) is 28.6 Å². The highest BCUT2D eigenvalue weighted by molar-refractivity contribution is 8.26. The number of para-hydroxylation sites is 1. The van der Waals surface area contributed by atoms with Crippen LogP contribution in [-0.4, -0.2) is 33.7 Å². The molecule has 0 aromatic heterocycles. The molecule has 1 saturated heterocycles. The van der Waals surface area contributed by atoms with Crippen molar-refractivity contribution >= 4 is 69.4 Å². The first-order valence-electron chi connectivity index (χ1n) is 12.1. The summed E-state index contributed by atoms with van der Waals surface area (Å²) in [5.74, 6) is -0.450. The van der Waals surface area contributed by atoms with Crippen molar-refractivity contribution in [3.8, 4) is 5.75 Å². The van der Waals surface area contributed by atoms with Crippen LogP contribution in [0.1, 0.15) is 46.8 Å². The molecular formula is C29H26ClN3O4S2. The molecule has 10 heteroatoms. The van der Waals surface area contributed by atoms with Gasteiger partial charge in [0, 0.05) is 5.69 Å². The largest absolute Gasteiger partial charge is 0.484 e. The molecule has 200 valence electrons. The van der Waals surface area contributed by atoms with Gasteiger partial charge in [-0.1, -0.05) is 73.6 Å². The Balaban J connectivity index is 1.35. The zero-order valence-corrected chi connectivity index (χ0v) is 23.9. The number of nitrogens with zero attached hydrogens (tertiary/aromatic N) is 1. The van der Waals surface area contributed by atoms with Gasteiger partial charge in [0.25, 0.3) is 17.7 Å². The Morgan fingerprint density at radius 1 is 1.10 bits per heavy atom. The third-order valence-electron chi connectivity index (χ3n) is 5.78. The third-order valence-corrected chi connectivity index (χ3v) is 7.40. The van der Waals surface area contributed by atoms with Gasteiger partial charge in [-0.2, -0.15) is 5.01 Å². The predicted octanol–water partition coefficient (Wildman–Crippen LogP) is 6.34. The summed E-state index contributed by atoms with van der Waals surface area (Å²) >= 11 is 12.6. The van der Waals surface area contributed by atoms with Crippen LogP contribution in [0, 0.1) is 6.92 Å². The average Bonchev–Trinajstić information content (AvgIpc) is 3.15. The molecule has 1 fully saturated rings. The Hall–Kier alpha value is -3.66. The van der Waals surface area contributed by atoms with E-state index in [1.54, 1.807) is 48.5 Å². The highest BCUT2D eigenvalue weighted by Crippen LogP contribution is 2.32. The molecule has 0 radical (unpaired) electrons. The second-order valence-corrected chi connectivity index (χ2v) is 11.2. The molecule has 3 aromatic carbocycles. The van der Waals surface area contributed by atoms with E-state index in [2.05, 4.69) is 24.6 Å². The summed E-state index contributed by atoms with van der Waals surface area (Å²) in [7, 11) is 0. The van der Waals surface area contributed by atoms with E-state index in [-0.39, 0.29) is 33.3 Å². The summed E-state index contributed by atoms with van der Waals surface area (Å²) in [6.07, 6.45) is 1.67. The predicted molar refractivity (Wildman–Crippen MR) is 160 cm³/mol. The molecule has 3 aromatic rings. The van der Waals surface area contributed by atoms with Crippen molar-refractivity contribution in [2.24, 2.45) is 0 Å². The van der Waals surface area contributed by atoms with E-state index >= 15 is 0 Å². The Bertz CT molecular complexity index is 1470. The molecular weight excluding hydrogens is 554 g/mol. The summed E-state index contributed by atoms with van der Waals surface area (Å²) in [4.78, 5) is 38.4. The topological polar surface area (TPSA) is 87.7 Å². The van der Waals surface area contributed by atoms with Crippen LogP contribution in [0.4, 0.5) is 5.69 Å². The average molecular weight is 580 g/mol. The fraction of sp³-hybridized carbons (Fsp3) is 0.172. The van der Waals surface area contributed by atoms with Gasteiger partial charge in [0.05, 0.1) is 15.5 Å². The van der Waals surface area contributed by atoms with Crippen LogP contribution in [-0.2, 0) is 9.59 Å². The molecule has 0 bridgehead atoms. The van der Waals surface area contributed by atoms with Crippen molar-refractivity contribution in [2.75, 3.05) is 11.9 Å². The van der Waals surface area contributed by atoms with Gasteiger partial charge < -0.3 is 10.1 Å². The van der Waals surface area contributed by atoms with Gasteiger partial charge in [0.1, 0.15) is 5.75 Å². The van der Waals surface area contributed by atoms with Crippen LogP contribution in [0.15, 0.2) is 71.6 Å². The van der Waals surface area contributed by atoms with Crippen molar-refractivity contribution in [2.45, 2.75) is 26.7 Å². The highest BCUT2D eigenvalue weighted by Gasteiger charge is 2.34. The number of hydrogen-bond donors (Lipinski definition) is 2. The number of hydrogen-bond acceptors (Lipinski definition) is 6. The zero-order valence-electron chi connectivity index (χ0n) is 21.5. The quantitative estimate of drug-likeness (QED) is 0.239. The van der Waals surface area contributed by atoms with E-state index in [0.29, 0.717) is 10.7 Å². The second-order valence-electron chi connectivity index (χ2n) is 9.09. The van der Waals surface area contributed by atoms with E-state index in [1.165, 1.54) is 0 Å². The fourth-order valence-electron chi connectivity index (χ4n) is 3.79. The van der Waals surface area contributed by atoms with Crippen LogP contribution in [0.25, 0.3) is 6.08 Å². The van der Waals surface area contributed by atoms with Crippen LogP contribution in [0.3, 0.4) is 0 Å². The number of hydrazine groups is 1. The number of benzene rings is 3. The number of thiocarbonyl (C=S) groups is 1. The number of carbonyl (C=O) groups excluding carboxylic acids is 3. The molecule has 3 amide bonds. The van der Waals surface area contributed by atoms with Gasteiger partial charge in [-0.25, -0.2) is 0 Å². The number of amides is 3. The third kappa shape index (κ3) is 7.06. The maximum absolute atomic E-state index is 12.9. The fourth-order valence-corrected chi connectivity index (χ4v) is 5.29. The lowest BCUT2D eigenvalue weighted by molar-refractivity contribution is -0.123. The van der Waals surface area contributed by atoms with Crippen LogP contribution in [0.5, 0.6) is 5.75 Å². The van der Waals surface area contributed by atoms with E-state index < -0.39 is 11.8 Å². The number of rotatable bonds is 8. The van der Waals surface area contributed by atoms with E-state index in [9.17, 15) is 14.4 Å². The molecule has 0 spiro atoms. The maximum atomic E-state index is 12.9. The van der Waals surface area contributed by atoms with Crippen LogP contribution in [0.2, 0.25) is 5.02 Å². The Morgan fingerprint density at radius 2 is 1.82 bits per heavy atom. The Morgan fingerprint density at radius 3 is 2.51 bits per heavy atom. The lowest BCUT2D eigenvalue weighted by atomic mass is 10.0. The molecule has 0 atom stereocenters.